The second-order valence-electron chi connectivity index (χ2n) is 6.44. The molecule has 9 nitrogen and oxygen atoms in total. The van der Waals surface area contributed by atoms with Crippen LogP contribution in [0.2, 0.25) is 0 Å². The minimum Gasteiger partial charge on any atom is -0.473 e. The Hall–Kier alpha value is -2.59. The van der Waals surface area contributed by atoms with Crippen LogP contribution in [-0.2, 0) is 10.0 Å². The molecule has 27 heavy (non-hydrogen) atoms. The van der Waals surface area contributed by atoms with Crippen LogP contribution in [-0.4, -0.2) is 47.0 Å². The minimum absolute atomic E-state index is 0.0273. The van der Waals surface area contributed by atoms with E-state index in [0.717, 1.165) is 11.8 Å². The molecule has 1 fully saturated rings. The van der Waals surface area contributed by atoms with Gasteiger partial charge in [-0.15, -0.1) is 5.10 Å². The maximum absolute atomic E-state index is 12.9. The van der Waals surface area contributed by atoms with Gasteiger partial charge >= 0.3 is 0 Å². The van der Waals surface area contributed by atoms with Gasteiger partial charge in [0, 0.05) is 31.3 Å². The largest absolute Gasteiger partial charge is 0.473 e. The molecule has 0 aliphatic carbocycles. The Morgan fingerprint density at radius 2 is 1.85 bits per heavy atom. The Bertz CT molecular complexity index is 938. The zero-order chi connectivity index (χ0) is 19.6. The fourth-order valence-electron chi connectivity index (χ4n) is 2.93. The number of aromatic nitrogens is 2. The number of nitro benzene ring substituents is 1. The van der Waals surface area contributed by atoms with Crippen molar-refractivity contribution in [3.63, 3.8) is 0 Å². The Morgan fingerprint density at radius 1 is 1.15 bits per heavy atom. The molecule has 0 atom stereocenters. The number of ether oxygens (including phenoxy) is 1. The number of hydrogen-bond donors (Lipinski definition) is 0. The second-order valence-corrected chi connectivity index (χ2v) is 8.35. The summed E-state index contributed by atoms with van der Waals surface area (Å²) < 4.78 is 33.0. The van der Waals surface area contributed by atoms with Crippen LogP contribution in [0, 0.1) is 24.0 Å². The fraction of sp³-hybridized carbons (Fsp3) is 0.412. The third-order valence-electron chi connectivity index (χ3n) is 4.46. The van der Waals surface area contributed by atoms with Gasteiger partial charge in [-0.05, 0) is 38.3 Å². The lowest BCUT2D eigenvalue weighted by Crippen LogP contribution is -2.42. The SMILES string of the molecule is Cc1ccc(OC2CCN(S(=O)(=O)c3cc([N+](=O)[O-])ccc3C)CC2)nn1. The van der Waals surface area contributed by atoms with E-state index in [1.54, 1.807) is 19.1 Å². The van der Waals surface area contributed by atoms with Crippen molar-refractivity contribution in [1.82, 2.24) is 14.5 Å². The predicted molar refractivity (Wildman–Crippen MR) is 97.0 cm³/mol. The van der Waals surface area contributed by atoms with Crippen molar-refractivity contribution in [2.75, 3.05) is 13.1 Å². The Morgan fingerprint density at radius 3 is 2.44 bits per heavy atom. The summed E-state index contributed by atoms with van der Waals surface area (Å²) in [4.78, 5) is 10.4. The van der Waals surface area contributed by atoms with Gasteiger partial charge < -0.3 is 4.74 Å². The highest BCUT2D eigenvalue weighted by atomic mass is 32.2. The van der Waals surface area contributed by atoms with Crippen molar-refractivity contribution in [1.29, 1.82) is 0 Å². The lowest BCUT2D eigenvalue weighted by Gasteiger charge is -2.31. The van der Waals surface area contributed by atoms with E-state index in [9.17, 15) is 18.5 Å². The summed E-state index contributed by atoms with van der Waals surface area (Å²) in [6, 6.07) is 7.41. The van der Waals surface area contributed by atoms with Crippen LogP contribution in [0.25, 0.3) is 0 Å². The van der Waals surface area contributed by atoms with E-state index in [1.165, 1.54) is 16.4 Å². The van der Waals surface area contributed by atoms with Crippen LogP contribution >= 0.6 is 0 Å². The van der Waals surface area contributed by atoms with Crippen molar-refractivity contribution in [3.8, 4) is 5.88 Å². The highest BCUT2D eigenvalue weighted by molar-refractivity contribution is 7.89. The van der Waals surface area contributed by atoms with Gasteiger partial charge in [-0.2, -0.15) is 9.40 Å². The van der Waals surface area contributed by atoms with E-state index in [4.69, 9.17) is 4.74 Å². The van der Waals surface area contributed by atoms with Crippen LogP contribution in [0.1, 0.15) is 24.1 Å². The first-order valence-electron chi connectivity index (χ1n) is 8.49. The van der Waals surface area contributed by atoms with Gasteiger partial charge in [-0.3, -0.25) is 10.1 Å². The van der Waals surface area contributed by atoms with E-state index in [0.29, 0.717) is 24.3 Å². The highest BCUT2D eigenvalue weighted by Gasteiger charge is 2.32. The number of piperidine rings is 1. The number of non-ortho nitro benzene ring substituents is 1. The maximum Gasteiger partial charge on any atom is 0.270 e. The number of aryl methyl sites for hydroxylation is 2. The third kappa shape index (κ3) is 4.22. The van der Waals surface area contributed by atoms with Crippen molar-refractivity contribution in [2.24, 2.45) is 0 Å². The molecule has 0 N–H and O–H groups in total. The van der Waals surface area contributed by atoms with Crippen LogP contribution in [0.5, 0.6) is 5.88 Å². The number of hydrogen-bond acceptors (Lipinski definition) is 7. The summed E-state index contributed by atoms with van der Waals surface area (Å²) in [6.07, 6.45) is 0.852. The quantitative estimate of drug-likeness (QED) is 0.566. The molecular weight excluding hydrogens is 372 g/mol. The molecule has 0 radical (unpaired) electrons. The van der Waals surface area contributed by atoms with Crippen LogP contribution in [0.4, 0.5) is 5.69 Å². The van der Waals surface area contributed by atoms with Crippen molar-refractivity contribution in [2.45, 2.75) is 37.7 Å². The summed E-state index contributed by atoms with van der Waals surface area (Å²) in [5, 5.41) is 18.9. The topological polar surface area (TPSA) is 116 Å². The van der Waals surface area contributed by atoms with Gasteiger partial charge in [0.1, 0.15) is 6.10 Å². The zero-order valence-corrected chi connectivity index (χ0v) is 15.8. The second kappa shape index (κ2) is 7.57. The normalized spacial score (nSPS) is 16.2. The molecule has 0 spiro atoms. The van der Waals surface area contributed by atoms with Gasteiger partial charge in [0.05, 0.1) is 15.5 Å². The van der Waals surface area contributed by atoms with E-state index >= 15 is 0 Å². The van der Waals surface area contributed by atoms with Crippen molar-refractivity contribution in [3.05, 3.63) is 51.7 Å². The Labute approximate surface area is 157 Å². The number of nitro groups is 1. The van der Waals surface area contributed by atoms with Gasteiger partial charge in [-0.1, -0.05) is 6.07 Å². The summed E-state index contributed by atoms with van der Waals surface area (Å²) >= 11 is 0. The Balaban J connectivity index is 1.70. The highest BCUT2D eigenvalue weighted by Crippen LogP contribution is 2.27. The van der Waals surface area contributed by atoms with Gasteiger partial charge in [0.2, 0.25) is 15.9 Å². The molecule has 2 heterocycles. The first kappa shape index (κ1) is 19.2. The molecule has 0 bridgehead atoms. The van der Waals surface area contributed by atoms with Crippen LogP contribution in [0.15, 0.2) is 35.2 Å². The smallest absolute Gasteiger partial charge is 0.270 e. The average molecular weight is 392 g/mol. The molecule has 1 aliphatic heterocycles. The predicted octanol–water partition coefficient (Wildman–Crippen LogP) is 2.23. The van der Waals surface area contributed by atoms with Crippen LogP contribution in [0.3, 0.4) is 0 Å². The van der Waals surface area contributed by atoms with Gasteiger partial charge in [-0.25, -0.2) is 8.42 Å². The molecule has 1 aromatic carbocycles. The molecular formula is C17H20N4O5S. The number of nitrogens with zero attached hydrogens (tertiary/aromatic N) is 4. The van der Waals surface area contributed by atoms with E-state index in [2.05, 4.69) is 10.2 Å². The molecule has 0 unspecified atom stereocenters. The maximum atomic E-state index is 12.9. The minimum atomic E-state index is -3.81. The van der Waals surface area contributed by atoms with E-state index in [-0.39, 0.29) is 29.8 Å². The molecule has 2 aromatic rings. The summed E-state index contributed by atoms with van der Waals surface area (Å²) in [7, 11) is -3.81. The molecule has 144 valence electrons. The lowest BCUT2D eigenvalue weighted by molar-refractivity contribution is -0.385. The molecule has 0 saturated carbocycles. The number of benzene rings is 1. The molecule has 1 aromatic heterocycles. The molecule has 1 aliphatic rings. The summed E-state index contributed by atoms with van der Waals surface area (Å²) in [5.74, 6) is 0.413. The third-order valence-corrected chi connectivity index (χ3v) is 6.50. The lowest BCUT2D eigenvalue weighted by atomic mass is 10.1. The monoisotopic (exact) mass is 392 g/mol. The fourth-order valence-corrected chi connectivity index (χ4v) is 4.64. The summed E-state index contributed by atoms with van der Waals surface area (Å²) in [5.41, 5.74) is 1.03. The molecule has 3 rings (SSSR count). The van der Waals surface area contributed by atoms with E-state index < -0.39 is 14.9 Å². The molecule has 10 heteroatoms. The first-order valence-corrected chi connectivity index (χ1v) is 9.93. The van der Waals surface area contributed by atoms with E-state index in [1.807, 2.05) is 6.92 Å². The van der Waals surface area contributed by atoms with Crippen molar-refractivity contribution >= 4 is 15.7 Å². The van der Waals surface area contributed by atoms with Crippen molar-refractivity contribution < 1.29 is 18.1 Å². The average Bonchev–Trinajstić information content (AvgIpc) is 2.64. The number of rotatable bonds is 5. The zero-order valence-electron chi connectivity index (χ0n) is 15.0. The summed E-state index contributed by atoms with van der Waals surface area (Å²) in [6.45, 7) is 4.00. The standard InChI is InChI=1S/C17H20N4O5S/c1-12-3-5-14(21(22)23)11-16(12)27(24,25)20-9-7-15(8-10-20)26-17-6-4-13(2)18-19-17/h3-6,11,15H,7-10H2,1-2H3. The van der Waals surface area contributed by atoms with Crippen LogP contribution < -0.4 is 4.74 Å². The first-order chi connectivity index (χ1) is 12.8. The molecule has 1 saturated heterocycles. The van der Waals surface area contributed by atoms with Gasteiger partial charge in [0.25, 0.3) is 5.69 Å². The number of sulfonamides is 1. The Kier molecular flexibility index (Phi) is 5.38. The molecule has 0 amide bonds. The van der Waals surface area contributed by atoms with Gasteiger partial charge in [0.15, 0.2) is 0 Å².